The number of rotatable bonds is 5. The molecule has 0 aromatic carbocycles. The number of nitrogens with zero attached hydrogens (tertiary/aromatic N) is 5. The molecule has 0 aliphatic carbocycles. The van der Waals surface area contributed by atoms with Gasteiger partial charge >= 0.3 is 0 Å². The van der Waals surface area contributed by atoms with Gasteiger partial charge in [-0.3, -0.25) is 14.6 Å². The van der Waals surface area contributed by atoms with Crippen LogP contribution >= 0.6 is 0 Å². The number of carbonyl (C=O) groups is 2. The lowest BCUT2D eigenvalue weighted by atomic mass is 10.2. The molecular formula is C17H20N6O3. The Morgan fingerprint density at radius 1 is 1.08 bits per heavy atom. The molecule has 26 heavy (non-hydrogen) atoms. The molecule has 1 aliphatic rings. The average Bonchev–Trinajstić information content (AvgIpc) is 2.72. The Morgan fingerprint density at radius 2 is 1.73 bits per heavy atom. The number of carbonyl (C=O) groups excluding carboxylic acids is 2. The summed E-state index contributed by atoms with van der Waals surface area (Å²) in [5, 5.41) is 12.1. The van der Waals surface area contributed by atoms with Crippen molar-refractivity contribution in [2.24, 2.45) is 0 Å². The van der Waals surface area contributed by atoms with Crippen LogP contribution in [-0.2, 0) is 4.79 Å². The molecule has 2 N–H and O–H groups in total. The number of amides is 2. The smallest absolute Gasteiger partial charge is 0.252 e. The van der Waals surface area contributed by atoms with Crippen LogP contribution in [0, 0.1) is 0 Å². The van der Waals surface area contributed by atoms with Crippen LogP contribution in [-0.4, -0.2) is 75.6 Å². The van der Waals surface area contributed by atoms with Crippen molar-refractivity contribution < 1.29 is 14.7 Å². The molecule has 0 radical (unpaired) electrons. The third kappa shape index (κ3) is 4.12. The second-order valence-electron chi connectivity index (χ2n) is 5.81. The molecule has 1 atom stereocenters. The molecule has 9 heteroatoms. The third-order valence-electron chi connectivity index (χ3n) is 4.15. The fourth-order valence-corrected chi connectivity index (χ4v) is 2.73. The maximum atomic E-state index is 12.6. The van der Waals surface area contributed by atoms with E-state index in [1.54, 1.807) is 35.5 Å². The molecule has 1 fully saturated rings. The molecule has 2 aromatic heterocycles. The molecule has 3 rings (SSSR count). The van der Waals surface area contributed by atoms with Gasteiger partial charge in [0.1, 0.15) is 6.04 Å². The summed E-state index contributed by atoms with van der Waals surface area (Å²) >= 11 is 0. The summed E-state index contributed by atoms with van der Waals surface area (Å²) in [6.45, 7) is 1.66. The van der Waals surface area contributed by atoms with E-state index in [-0.39, 0.29) is 5.91 Å². The first-order valence-electron chi connectivity index (χ1n) is 8.31. The van der Waals surface area contributed by atoms with Crippen LogP contribution in [0.3, 0.4) is 0 Å². The Hall–Kier alpha value is -3.07. The molecule has 0 bridgehead atoms. The molecule has 1 saturated heterocycles. The van der Waals surface area contributed by atoms with Crippen LogP contribution in [0.5, 0.6) is 0 Å². The minimum atomic E-state index is -0.977. The first-order valence-corrected chi connectivity index (χ1v) is 8.31. The van der Waals surface area contributed by atoms with Crippen LogP contribution in [0.15, 0.2) is 43.0 Å². The molecule has 0 saturated carbocycles. The Kier molecular flexibility index (Phi) is 5.69. The molecule has 2 amide bonds. The van der Waals surface area contributed by atoms with Crippen molar-refractivity contribution in [2.45, 2.75) is 6.04 Å². The second-order valence-corrected chi connectivity index (χ2v) is 5.81. The fraction of sp³-hybridized carbons (Fsp3) is 0.353. The van der Waals surface area contributed by atoms with Gasteiger partial charge < -0.3 is 20.2 Å². The number of hydrogen-bond donors (Lipinski definition) is 2. The minimum Gasteiger partial charge on any atom is -0.394 e. The average molecular weight is 356 g/mol. The molecule has 9 nitrogen and oxygen atoms in total. The van der Waals surface area contributed by atoms with Crippen molar-refractivity contribution in [3.05, 3.63) is 48.5 Å². The van der Waals surface area contributed by atoms with E-state index >= 15 is 0 Å². The summed E-state index contributed by atoms with van der Waals surface area (Å²) < 4.78 is 0. The van der Waals surface area contributed by atoms with Crippen LogP contribution in [0.1, 0.15) is 10.4 Å². The fourth-order valence-electron chi connectivity index (χ4n) is 2.73. The summed E-state index contributed by atoms with van der Waals surface area (Å²) in [5.41, 5.74) is 0.386. The summed E-state index contributed by atoms with van der Waals surface area (Å²) in [6.07, 6.45) is 6.34. The Labute approximate surface area is 150 Å². The van der Waals surface area contributed by atoms with Gasteiger partial charge in [0.2, 0.25) is 11.9 Å². The summed E-state index contributed by atoms with van der Waals surface area (Å²) in [7, 11) is 0. The zero-order chi connectivity index (χ0) is 18.4. The van der Waals surface area contributed by atoms with E-state index in [0.29, 0.717) is 37.7 Å². The van der Waals surface area contributed by atoms with Crippen molar-refractivity contribution >= 4 is 17.8 Å². The van der Waals surface area contributed by atoms with Crippen molar-refractivity contribution in [1.82, 2.24) is 25.2 Å². The van der Waals surface area contributed by atoms with Gasteiger partial charge in [-0.1, -0.05) is 0 Å². The van der Waals surface area contributed by atoms with Gasteiger partial charge in [-0.2, -0.15) is 0 Å². The van der Waals surface area contributed by atoms with Gasteiger partial charge in [0.05, 0.1) is 6.61 Å². The zero-order valence-electron chi connectivity index (χ0n) is 14.2. The maximum absolute atomic E-state index is 12.6. The number of anilines is 1. The van der Waals surface area contributed by atoms with Gasteiger partial charge in [-0.15, -0.1) is 0 Å². The molecule has 0 spiro atoms. The van der Waals surface area contributed by atoms with Gasteiger partial charge in [-0.25, -0.2) is 9.97 Å². The molecular weight excluding hydrogens is 336 g/mol. The third-order valence-corrected chi connectivity index (χ3v) is 4.15. The van der Waals surface area contributed by atoms with Gasteiger partial charge in [-0.05, 0) is 18.2 Å². The van der Waals surface area contributed by atoms with E-state index in [1.165, 1.54) is 12.4 Å². The predicted molar refractivity (Wildman–Crippen MR) is 93.4 cm³/mol. The van der Waals surface area contributed by atoms with Crippen LogP contribution in [0.25, 0.3) is 0 Å². The first kappa shape index (κ1) is 17.7. The van der Waals surface area contributed by atoms with E-state index in [9.17, 15) is 14.7 Å². The largest absolute Gasteiger partial charge is 0.394 e. The lowest BCUT2D eigenvalue weighted by molar-refractivity contribution is -0.134. The highest BCUT2D eigenvalue weighted by Crippen LogP contribution is 2.10. The van der Waals surface area contributed by atoms with E-state index in [2.05, 4.69) is 20.3 Å². The Balaban J connectivity index is 1.57. The lowest BCUT2D eigenvalue weighted by Gasteiger charge is -2.36. The molecule has 1 aliphatic heterocycles. The monoisotopic (exact) mass is 356 g/mol. The Morgan fingerprint density at radius 3 is 2.35 bits per heavy atom. The van der Waals surface area contributed by atoms with Crippen molar-refractivity contribution in [2.75, 3.05) is 37.7 Å². The van der Waals surface area contributed by atoms with Crippen LogP contribution < -0.4 is 10.2 Å². The van der Waals surface area contributed by atoms with Crippen LogP contribution in [0.2, 0.25) is 0 Å². The quantitative estimate of drug-likeness (QED) is 0.729. The lowest BCUT2D eigenvalue weighted by Crippen LogP contribution is -2.56. The molecule has 136 valence electrons. The highest BCUT2D eigenvalue weighted by atomic mass is 16.3. The first-order chi connectivity index (χ1) is 12.7. The van der Waals surface area contributed by atoms with E-state index in [0.717, 1.165) is 0 Å². The zero-order valence-corrected chi connectivity index (χ0v) is 14.2. The van der Waals surface area contributed by atoms with Gasteiger partial charge in [0.15, 0.2) is 0 Å². The molecule has 3 heterocycles. The summed E-state index contributed by atoms with van der Waals surface area (Å²) in [5.74, 6) is -0.0936. The standard InChI is InChI=1S/C17H20N6O3/c24-12-14(21-15(25)13-2-6-18-7-3-13)16(26)22-8-10-23(11-9-22)17-19-4-1-5-20-17/h1-7,14,24H,8-12H2,(H,21,25). The highest BCUT2D eigenvalue weighted by molar-refractivity contribution is 5.97. The number of aliphatic hydroxyl groups excluding tert-OH is 1. The number of nitrogens with one attached hydrogen (secondary N) is 1. The number of pyridine rings is 1. The predicted octanol–water partition coefficient (Wildman–Crippen LogP) is -0.689. The minimum absolute atomic E-state index is 0.302. The summed E-state index contributed by atoms with van der Waals surface area (Å²) in [6, 6.07) is 3.87. The van der Waals surface area contributed by atoms with Crippen LogP contribution in [0.4, 0.5) is 5.95 Å². The van der Waals surface area contributed by atoms with E-state index < -0.39 is 18.6 Å². The van der Waals surface area contributed by atoms with Crippen molar-refractivity contribution in [3.8, 4) is 0 Å². The topological polar surface area (TPSA) is 112 Å². The number of aliphatic hydroxyl groups is 1. The van der Waals surface area contributed by atoms with Gasteiger partial charge in [0.25, 0.3) is 5.91 Å². The van der Waals surface area contributed by atoms with E-state index in [1.807, 2.05) is 4.90 Å². The SMILES string of the molecule is O=C(NC(CO)C(=O)N1CCN(c2ncccn2)CC1)c1ccncc1. The summed E-state index contributed by atoms with van der Waals surface area (Å²) in [4.78, 5) is 40.7. The Bertz CT molecular complexity index is 735. The van der Waals surface area contributed by atoms with E-state index in [4.69, 9.17) is 0 Å². The van der Waals surface area contributed by atoms with Gasteiger partial charge in [0, 0.05) is 56.5 Å². The normalized spacial score (nSPS) is 15.4. The van der Waals surface area contributed by atoms with Crippen molar-refractivity contribution in [3.63, 3.8) is 0 Å². The maximum Gasteiger partial charge on any atom is 0.252 e. The number of hydrogen-bond acceptors (Lipinski definition) is 7. The molecule has 1 unspecified atom stereocenters. The van der Waals surface area contributed by atoms with Crippen molar-refractivity contribution in [1.29, 1.82) is 0 Å². The highest BCUT2D eigenvalue weighted by Gasteiger charge is 2.29. The second kappa shape index (κ2) is 8.34. The number of piperazine rings is 1. The molecule has 2 aromatic rings. The number of aromatic nitrogens is 3.